The van der Waals surface area contributed by atoms with Gasteiger partial charge in [-0.1, -0.05) is 44.0 Å². The van der Waals surface area contributed by atoms with Crippen LogP contribution in [-0.4, -0.2) is 13.7 Å². The lowest BCUT2D eigenvalue weighted by Crippen LogP contribution is -2.19. The lowest BCUT2D eigenvalue weighted by atomic mass is 9.95. The molecule has 0 radical (unpaired) electrons. The molecule has 0 aliphatic heterocycles. The first-order valence-corrected chi connectivity index (χ1v) is 8.51. The van der Waals surface area contributed by atoms with E-state index in [0.29, 0.717) is 6.61 Å². The Hall–Kier alpha value is -0.840. The molecule has 112 valence electrons. The van der Waals surface area contributed by atoms with Crippen LogP contribution in [0.2, 0.25) is 0 Å². The van der Waals surface area contributed by atoms with Crippen molar-refractivity contribution < 1.29 is 4.74 Å². The average Bonchev–Trinajstić information content (AvgIpc) is 2.46. The van der Waals surface area contributed by atoms with Crippen LogP contribution in [-0.2, 0) is 0 Å². The van der Waals surface area contributed by atoms with E-state index in [1.54, 1.807) is 0 Å². The van der Waals surface area contributed by atoms with Crippen molar-refractivity contribution in [2.75, 3.05) is 13.7 Å². The second kappa shape index (κ2) is 7.43. The summed E-state index contributed by atoms with van der Waals surface area (Å²) in [5.74, 6) is 0.883. The Morgan fingerprint density at radius 1 is 1.10 bits per heavy atom. The molecule has 0 bridgehead atoms. The Kier molecular flexibility index (Phi) is 5.85. The second-order valence-electron chi connectivity index (χ2n) is 4.84. The molecule has 0 amide bonds. The van der Waals surface area contributed by atoms with E-state index in [1.165, 1.54) is 16.7 Å². The third-order valence-corrected chi connectivity index (χ3v) is 4.61. The first-order chi connectivity index (χ1) is 10.1. The molecule has 1 unspecified atom stereocenters. The Morgan fingerprint density at radius 2 is 1.86 bits per heavy atom. The summed E-state index contributed by atoms with van der Waals surface area (Å²) in [4.78, 5) is 0. The maximum atomic E-state index is 5.55. The van der Waals surface area contributed by atoms with Crippen molar-refractivity contribution in [1.29, 1.82) is 0 Å². The number of hydrogen-bond donors (Lipinski definition) is 1. The first-order valence-electron chi connectivity index (χ1n) is 6.92. The van der Waals surface area contributed by atoms with Crippen LogP contribution in [0.1, 0.15) is 29.7 Å². The molecule has 0 heterocycles. The van der Waals surface area contributed by atoms with Crippen molar-refractivity contribution in [3.8, 4) is 5.75 Å². The van der Waals surface area contributed by atoms with Crippen molar-refractivity contribution in [3.63, 3.8) is 0 Å². The van der Waals surface area contributed by atoms with E-state index in [1.807, 2.05) is 26.1 Å². The number of rotatable bonds is 5. The molecule has 4 heteroatoms. The smallest absolute Gasteiger partial charge is 0.120 e. The van der Waals surface area contributed by atoms with Crippen LogP contribution in [0, 0.1) is 6.92 Å². The topological polar surface area (TPSA) is 21.3 Å². The number of benzene rings is 2. The monoisotopic (exact) mass is 411 g/mol. The minimum atomic E-state index is 0.132. The molecular formula is C17H19Br2NO. The quantitative estimate of drug-likeness (QED) is 0.725. The van der Waals surface area contributed by atoms with Gasteiger partial charge in [0.25, 0.3) is 0 Å². The molecule has 0 aromatic heterocycles. The van der Waals surface area contributed by atoms with E-state index in [0.717, 1.165) is 14.7 Å². The predicted molar refractivity (Wildman–Crippen MR) is 95.1 cm³/mol. The van der Waals surface area contributed by atoms with Crippen LogP contribution in [0.25, 0.3) is 0 Å². The Morgan fingerprint density at radius 3 is 2.48 bits per heavy atom. The van der Waals surface area contributed by atoms with Crippen molar-refractivity contribution in [2.24, 2.45) is 0 Å². The molecule has 2 nitrogen and oxygen atoms in total. The molecule has 2 aromatic carbocycles. The normalized spacial score (nSPS) is 12.2. The minimum Gasteiger partial charge on any atom is -0.494 e. The Bertz CT molecular complexity index is 628. The highest BCUT2D eigenvalue weighted by atomic mass is 79.9. The molecule has 2 aromatic rings. The highest BCUT2D eigenvalue weighted by Crippen LogP contribution is 2.33. The third-order valence-electron chi connectivity index (χ3n) is 3.43. The Balaban J connectivity index is 2.44. The summed E-state index contributed by atoms with van der Waals surface area (Å²) >= 11 is 7.22. The second-order valence-corrected chi connectivity index (χ2v) is 6.61. The van der Waals surface area contributed by atoms with Gasteiger partial charge in [-0.2, -0.15) is 0 Å². The van der Waals surface area contributed by atoms with Gasteiger partial charge in [0.05, 0.1) is 12.6 Å². The number of ether oxygens (including phenoxy) is 1. The largest absolute Gasteiger partial charge is 0.494 e. The highest BCUT2D eigenvalue weighted by molar-refractivity contribution is 9.10. The van der Waals surface area contributed by atoms with Crippen LogP contribution < -0.4 is 10.1 Å². The van der Waals surface area contributed by atoms with Gasteiger partial charge in [0, 0.05) is 8.95 Å². The molecule has 2 rings (SSSR count). The van der Waals surface area contributed by atoms with Crippen LogP contribution in [0.15, 0.2) is 45.3 Å². The van der Waals surface area contributed by atoms with Gasteiger partial charge >= 0.3 is 0 Å². The van der Waals surface area contributed by atoms with Crippen LogP contribution in [0.3, 0.4) is 0 Å². The molecule has 1 atom stereocenters. The van der Waals surface area contributed by atoms with Gasteiger partial charge in [0.1, 0.15) is 5.75 Å². The lowest BCUT2D eigenvalue weighted by molar-refractivity contribution is 0.340. The SMILES string of the molecule is CCOc1ccc(C(NC)c2cc(Br)ccc2C)c(Br)c1. The number of nitrogens with one attached hydrogen (secondary N) is 1. The van der Waals surface area contributed by atoms with Crippen LogP contribution in [0.5, 0.6) is 5.75 Å². The van der Waals surface area contributed by atoms with Gasteiger partial charge < -0.3 is 10.1 Å². The summed E-state index contributed by atoms with van der Waals surface area (Å²) < 4.78 is 7.68. The maximum absolute atomic E-state index is 5.55. The molecule has 21 heavy (non-hydrogen) atoms. The molecule has 0 spiro atoms. The molecule has 0 aliphatic carbocycles. The fourth-order valence-electron chi connectivity index (χ4n) is 2.40. The first kappa shape index (κ1) is 16.5. The van der Waals surface area contributed by atoms with Gasteiger partial charge in [0.2, 0.25) is 0 Å². The van der Waals surface area contributed by atoms with E-state index >= 15 is 0 Å². The van der Waals surface area contributed by atoms with Crippen LogP contribution >= 0.6 is 31.9 Å². The fourth-order valence-corrected chi connectivity index (χ4v) is 3.36. The van der Waals surface area contributed by atoms with Gasteiger partial charge in [-0.15, -0.1) is 0 Å². The molecule has 0 aliphatic rings. The standard InChI is InChI=1S/C17H19Br2NO/c1-4-21-13-7-8-14(16(19)10-13)17(20-3)15-9-12(18)6-5-11(15)2/h5-10,17,20H,4H2,1-3H3. The summed E-state index contributed by atoms with van der Waals surface area (Å²) in [5, 5.41) is 3.40. The maximum Gasteiger partial charge on any atom is 0.120 e. The zero-order valence-electron chi connectivity index (χ0n) is 12.4. The number of halogens is 2. The summed E-state index contributed by atoms with van der Waals surface area (Å²) in [7, 11) is 1.98. The van der Waals surface area contributed by atoms with E-state index < -0.39 is 0 Å². The molecule has 0 fully saturated rings. The van der Waals surface area contributed by atoms with Gasteiger partial charge in [-0.05, 0) is 61.9 Å². The van der Waals surface area contributed by atoms with Crippen molar-refractivity contribution in [1.82, 2.24) is 5.32 Å². The zero-order chi connectivity index (χ0) is 15.4. The van der Waals surface area contributed by atoms with Crippen molar-refractivity contribution >= 4 is 31.9 Å². The van der Waals surface area contributed by atoms with Gasteiger partial charge in [-0.3, -0.25) is 0 Å². The number of aryl methyl sites for hydroxylation is 1. The summed E-state index contributed by atoms with van der Waals surface area (Å²) in [6, 6.07) is 12.6. The molecular weight excluding hydrogens is 394 g/mol. The van der Waals surface area contributed by atoms with E-state index in [2.05, 4.69) is 68.4 Å². The molecule has 1 N–H and O–H groups in total. The van der Waals surface area contributed by atoms with E-state index in [4.69, 9.17) is 4.74 Å². The summed E-state index contributed by atoms with van der Waals surface area (Å²) in [5.41, 5.74) is 3.72. The van der Waals surface area contributed by atoms with E-state index in [9.17, 15) is 0 Å². The molecule has 0 saturated heterocycles. The van der Waals surface area contributed by atoms with E-state index in [-0.39, 0.29) is 6.04 Å². The molecule has 0 saturated carbocycles. The third kappa shape index (κ3) is 3.87. The highest BCUT2D eigenvalue weighted by Gasteiger charge is 2.17. The predicted octanol–water partition coefficient (Wildman–Crippen LogP) is 5.23. The van der Waals surface area contributed by atoms with Crippen molar-refractivity contribution in [3.05, 3.63) is 62.0 Å². The van der Waals surface area contributed by atoms with Crippen molar-refractivity contribution in [2.45, 2.75) is 19.9 Å². The average molecular weight is 413 g/mol. The lowest BCUT2D eigenvalue weighted by Gasteiger charge is -2.21. The fraction of sp³-hybridized carbons (Fsp3) is 0.294. The number of hydrogen-bond acceptors (Lipinski definition) is 2. The summed E-state index contributed by atoms with van der Waals surface area (Å²) in [6.07, 6.45) is 0. The van der Waals surface area contributed by atoms with Crippen LogP contribution in [0.4, 0.5) is 0 Å². The van der Waals surface area contributed by atoms with Gasteiger partial charge in [0.15, 0.2) is 0 Å². The minimum absolute atomic E-state index is 0.132. The van der Waals surface area contributed by atoms with Gasteiger partial charge in [-0.25, -0.2) is 0 Å². The summed E-state index contributed by atoms with van der Waals surface area (Å²) in [6.45, 7) is 4.80. The Labute approximate surface area is 143 Å². The zero-order valence-corrected chi connectivity index (χ0v) is 15.6.